The second kappa shape index (κ2) is 2.17. The molecule has 2 aromatic rings. The highest BCUT2D eigenvalue weighted by Crippen LogP contribution is 2.14. The summed E-state index contributed by atoms with van der Waals surface area (Å²) >= 11 is 1.53. The summed E-state index contributed by atoms with van der Waals surface area (Å²) in [7, 11) is 0. The number of imidazole rings is 1. The van der Waals surface area contributed by atoms with E-state index >= 15 is 0 Å². The highest BCUT2D eigenvalue weighted by Gasteiger charge is 2.06. The van der Waals surface area contributed by atoms with Crippen LogP contribution in [0.4, 0.5) is 0 Å². The summed E-state index contributed by atoms with van der Waals surface area (Å²) in [5.41, 5.74) is 1.45. The zero-order valence-corrected chi connectivity index (χ0v) is 6.76. The van der Waals surface area contributed by atoms with Crippen molar-refractivity contribution in [1.82, 2.24) is 9.38 Å². The molecule has 2 rings (SSSR count). The number of thiazole rings is 1. The lowest BCUT2D eigenvalue weighted by atomic mass is 10.4. The summed E-state index contributed by atoms with van der Waals surface area (Å²) in [5.74, 6) is 0. The lowest BCUT2D eigenvalue weighted by Gasteiger charge is -1.85. The van der Waals surface area contributed by atoms with E-state index < -0.39 is 0 Å². The van der Waals surface area contributed by atoms with E-state index in [1.165, 1.54) is 11.3 Å². The quantitative estimate of drug-likeness (QED) is 0.602. The second-order valence-electron chi connectivity index (χ2n) is 2.26. The number of hydrogen-bond acceptors (Lipinski definition) is 3. The number of aromatic nitrogens is 2. The number of hydrogen-bond donors (Lipinski definition) is 0. The molecule has 0 saturated carbocycles. The van der Waals surface area contributed by atoms with Gasteiger partial charge in [-0.25, -0.2) is 4.98 Å². The third-order valence-electron chi connectivity index (χ3n) is 1.65. The van der Waals surface area contributed by atoms with Crippen LogP contribution in [-0.4, -0.2) is 15.7 Å². The van der Waals surface area contributed by atoms with E-state index in [4.69, 9.17) is 0 Å². The van der Waals surface area contributed by atoms with Gasteiger partial charge in [0, 0.05) is 11.6 Å². The van der Waals surface area contributed by atoms with Gasteiger partial charge >= 0.3 is 0 Å². The number of fused-ring (bicyclic) bond motifs is 1. The third kappa shape index (κ3) is 0.793. The number of rotatable bonds is 1. The molecule has 4 heteroatoms. The lowest BCUT2D eigenvalue weighted by molar-refractivity contribution is 0.111. The number of aldehydes is 1. The van der Waals surface area contributed by atoms with Crippen LogP contribution in [0.25, 0.3) is 4.96 Å². The van der Waals surface area contributed by atoms with Crippen LogP contribution >= 0.6 is 11.3 Å². The summed E-state index contributed by atoms with van der Waals surface area (Å²) in [6.07, 6.45) is 2.70. The summed E-state index contributed by atoms with van der Waals surface area (Å²) < 4.78 is 1.91. The molecule has 0 N–H and O–H groups in total. The van der Waals surface area contributed by atoms with Crippen LogP contribution in [0.3, 0.4) is 0 Å². The lowest BCUT2D eigenvalue weighted by Crippen LogP contribution is -1.85. The summed E-state index contributed by atoms with van der Waals surface area (Å²) in [6, 6.07) is 0. The molecule has 0 unspecified atom stereocenters. The van der Waals surface area contributed by atoms with E-state index in [0.717, 1.165) is 16.9 Å². The average Bonchev–Trinajstić information content (AvgIpc) is 2.53. The van der Waals surface area contributed by atoms with Crippen molar-refractivity contribution in [3.8, 4) is 0 Å². The fourth-order valence-electron chi connectivity index (χ4n) is 1.03. The van der Waals surface area contributed by atoms with Crippen molar-refractivity contribution in [3.63, 3.8) is 0 Å². The zero-order chi connectivity index (χ0) is 7.84. The predicted octanol–water partition coefficient (Wildman–Crippen LogP) is 1.52. The number of carbonyl (C=O) groups is 1. The van der Waals surface area contributed by atoms with Crippen LogP contribution in [0.2, 0.25) is 0 Å². The summed E-state index contributed by atoms with van der Waals surface area (Å²) in [5, 5.41) is 1.95. The Hall–Kier alpha value is -1.16. The van der Waals surface area contributed by atoms with E-state index in [2.05, 4.69) is 4.98 Å². The fraction of sp³-hybridized carbons (Fsp3) is 0.143. The molecule has 0 spiro atoms. The van der Waals surface area contributed by atoms with Crippen molar-refractivity contribution in [3.05, 3.63) is 23.0 Å². The van der Waals surface area contributed by atoms with Crippen molar-refractivity contribution in [1.29, 1.82) is 0 Å². The van der Waals surface area contributed by atoms with E-state index in [1.54, 1.807) is 0 Å². The first kappa shape index (κ1) is 6.54. The van der Waals surface area contributed by atoms with Crippen LogP contribution in [0.15, 0.2) is 11.6 Å². The van der Waals surface area contributed by atoms with Crippen molar-refractivity contribution in [2.24, 2.45) is 0 Å². The van der Waals surface area contributed by atoms with Crippen molar-refractivity contribution < 1.29 is 4.79 Å². The van der Waals surface area contributed by atoms with Crippen LogP contribution in [0.1, 0.15) is 16.2 Å². The molecule has 2 aromatic heterocycles. The molecule has 0 saturated heterocycles. The Kier molecular flexibility index (Phi) is 1.29. The van der Waals surface area contributed by atoms with Crippen molar-refractivity contribution in [2.75, 3.05) is 0 Å². The maximum Gasteiger partial charge on any atom is 0.194 e. The zero-order valence-electron chi connectivity index (χ0n) is 5.94. The Labute approximate surface area is 67.3 Å². The van der Waals surface area contributed by atoms with Crippen LogP contribution < -0.4 is 0 Å². The van der Waals surface area contributed by atoms with Gasteiger partial charge in [0.1, 0.15) is 5.69 Å². The molecule has 3 nitrogen and oxygen atoms in total. The molecule has 56 valence electrons. The standard InChI is InChI=1S/C7H6N2OS/c1-5-6(4-10)8-7-9(5)2-3-11-7/h2-4H,1H3. The first-order valence-corrected chi connectivity index (χ1v) is 4.08. The van der Waals surface area contributed by atoms with E-state index in [-0.39, 0.29) is 0 Å². The molecule has 0 bridgehead atoms. The van der Waals surface area contributed by atoms with Gasteiger partial charge in [-0.15, -0.1) is 11.3 Å². The summed E-state index contributed by atoms with van der Waals surface area (Å²) in [6.45, 7) is 1.89. The molecule has 0 aromatic carbocycles. The molecule has 0 aliphatic heterocycles. The minimum Gasteiger partial charge on any atom is -0.296 e. The highest BCUT2D eigenvalue weighted by molar-refractivity contribution is 7.15. The maximum atomic E-state index is 10.4. The Balaban J connectivity index is 2.86. The molecule has 0 fully saturated rings. The van der Waals surface area contributed by atoms with Gasteiger partial charge < -0.3 is 0 Å². The van der Waals surface area contributed by atoms with Crippen molar-refractivity contribution in [2.45, 2.75) is 6.92 Å². The first-order chi connectivity index (χ1) is 5.33. The van der Waals surface area contributed by atoms with Gasteiger partial charge in [-0.1, -0.05) is 0 Å². The monoisotopic (exact) mass is 166 g/mol. The molecule has 0 amide bonds. The molecule has 0 aliphatic rings. The molecular formula is C7H6N2OS. The molecule has 0 radical (unpaired) electrons. The minimum atomic E-state index is 0.539. The molecule has 0 atom stereocenters. The van der Waals surface area contributed by atoms with Gasteiger partial charge in [0.05, 0.1) is 5.69 Å². The van der Waals surface area contributed by atoms with Gasteiger partial charge in [-0.05, 0) is 6.92 Å². The first-order valence-electron chi connectivity index (χ1n) is 3.20. The predicted molar refractivity (Wildman–Crippen MR) is 43.2 cm³/mol. The second-order valence-corrected chi connectivity index (χ2v) is 3.13. The Morgan fingerprint density at radius 3 is 3.18 bits per heavy atom. The van der Waals surface area contributed by atoms with Crippen LogP contribution in [0.5, 0.6) is 0 Å². The molecule has 0 aliphatic carbocycles. The number of carbonyl (C=O) groups excluding carboxylic acids is 1. The minimum absolute atomic E-state index is 0.539. The SMILES string of the molecule is Cc1c(C=O)nc2sccn12. The van der Waals surface area contributed by atoms with E-state index in [1.807, 2.05) is 22.9 Å². The Bertz CT molecular complexity index is 401. The van der Waals surface area contributed by atoms with Crippen LogP contribution in [0, 0.1) is 6.92 Å². The van der Waals surface area contributed by atoms with Crippen LogP contribution in [-0.2, 0) is 0 Å². The largest absolute Gasteiger partial charge is 0.296 e. The molecular weight excluding hydrogens is 160 g/mol. The van der Waals surface area contributed by atoms with Gasteiger partial charge in [0.2, 0.25) is 0 Å². The Morgan fingerprint density at radius 2 is 2.55 bits per heavy atom. The van der Waals surface area contributed by atoms with Gasteiger partial charge in [0.15, 0.2) is 11.2 Å². The van der Waals surface area contributed by atoms with Crippen molar-refractivity contribution >= 4 is 22.6 Å². The Morgan fingerprint density at radius 1 is 1.73 bits per heavy atom. The van der Waals surface area contributed by atoms with Gasteiger partial charge in [-0.3, -0.25) is 9.20 Å². The normalized spacial score (nSPS) is 10.6. The topological polar surface area (TPSA) is 34.4 Å². The van der Waals surface area contributed by atoms with Gasteiger partial charge in [-0.2, -0.15) is 0 Å². The average molecular weight is 166 g/mol. The van der Waals surface area contributed by atoms with E-state index in [0.29, 0.717) is 5.69 Å². The number of aryl methyl sites for hydroxylation is 1. The highest BCUT2D eigenvalue weighted by atomic mass is 32.1. The van der Waals surface area contributed by atoms with E-state index in [9.17, 15) is 4.79 Å². The summed E-state index contributed by atoms with van der Waals surface area (Å²) in [4.78, 5) is 15.4. The van der Waals surface area contributed by atoms with Gasteiger partial charge in [0.25, 0.3) is 0 Å². The molecule has 2 heterocycles. The molecule has 11 heavy (non-hydrogen) atoms. The maximum absolute atomic E-state index is 10.4. The number of nitrogens with zero attached hydrogens (tertiary/aromatic N) is 2. The third-order valence-corrected chi connectivity index (χ3v) is 2.41. The fourth-order valence-corrected chi connectivity index (χ4v) is 1.79. The smallest absolute Gasteiger partial charge is 0.194 e.